The van der Waals surface area contributed by atoms with Crippen LogP contribution >= 0.6 is 0 Å². The van der Waals surface area contributed by atoms with E-state index in [0.717, 1.165) is 16.9 Å². The molecule has 0 saturated heterocycles. The van der Waals surface area contributed by atoms with Crippen molar-refractivity contribution in [3.8, 4) is 11.5 Å². The lowest BCUT2D eigenvalue weighted by Crippen LogP contribution is -2.15. The van der Waals surface area contributed by atoms with Crippen LogP contribution in [-0.4, -0.2) is 20.8 Å². The third kappa shape index (κ3) is 5.45. The van der Waals surface area contributed by atoms with Gasteiger partial charge in [-0.1, -0.05) is 46.8 Å². The molecule has 0 aliphatic carbocycles. The molecule has 0 aliphatic rings. The molecule has 0 radical (unpaired) electrons. The molecule has 3 aromatic rings. The highest BCUT2D eigenvalue weighted by Crippen LogP contribution is 2.31. The molecule has 0 atom stereocenters. The Morgan fingerprint density at radius 2 is 1.84 bits per heavy atom. The van der Waals surface area contributed by atoms with E-state index in [1.165, 1.54) is 5.56 Å². The van der Waals surface area contributed by atoms with Crippen LogP contribution in [0.25, 0.3) is 0 Å². The number of nitrogens with one attached hydrogen (secondary N) is 1. The number of amides is 1. The molecule has 6 heteroatoms. The Bertz CT molecular complexity index is 1060. The topological polar surface area (TPSA) is 76.4 Å². The van der Waals surface area contributed by atoms with Crippen LogP contribution in [0.1, 0.15) is 67.7 Å². The van der Waals surface area contributed by atoms with Gasteiger partial charge in [0.05, 0.1) is 0 Å². The highest BCUT2D eigenvalue weighted by Gasteiger charge is 2.15. The highest BCUT2D eigenvalue weighted by atomic mass is 16.5. The lowest BCUT2D eigenvalue weighted by Gasteiger charge is -2.19. The number of aryl methyl sites for hydroxylation is 1. The molecule has 164 valence electrons. The van der Waals surface area contributed by atoms with Crippen molar-refractivity contribution in [3.63, 3.8) is 0 Å². The van der Waals surface area contributed by atoms with Crippen molar-refractivity contribution in [2.45, 2.75) is 59.6 Å². The maximum Gasteiger partial charge on any atom is 0.276 e. The van der Waals surface area contributed by atoms with Gasteiger partial charge >= 0.3 is 0 Å². The Hall–Kier alpha value is -3.28. The number of phenols is 1. The summed E-state index contributed by atoms with van der Waals surface area (Å²) >= 11 is 0. The van der Waals surface area contributed by atoms with Gasteiger partial charge in [0.25, 0.3) is 5.91 Å². The molecular weight excluding hydrogens is 390 g/mol. The van der Waals surface area contributed by atoms with Gasteiger partial charge in [0.2, 0.25) is 0 Å². The summed E-state index contributed by atoms with van der Waals surface area (Å²) in [5.74, 6) is 0.819. The van der Waals surface area contributed by atoms with Crippen molar-refractivity contribution >= 4 is 11.6 Å². The van der Waals surface area contributed by atoms with E-state index in [2.05, 4.69) is 43.3 Å². The summed E-state index contributed by atoms with van der Waals surface area (Å²) in [5.41, 5.74) is 3.87. The summed E-state index contributed by atoms with van der Waals surface area (Å²) in [6, 6.07) is 13.1. The number of rotatable bonds is 6. The summed E-state index contributed by atoms with van der Waals surface area (Å²) < 4.78 is 7.37. The SMILES string of the molecule is Cc1cc(O)c(C(C)C)cc1NC(=O)c1ccn(COc2ccc(C(C)(C)C)cc2)n1. The monoisotopic (exact) mass is 421 g/mol. The highest BCUT2D eigenvalue weighted by molar-refractivity contribution is 6.03. The van der Waals surface area contributed by atoms with E-state index >= 15 is 0 Å². The number of anilines is 1. The summed E-state index contributed by atoms with van der Waals surface area (Å²) in [6.45, 7) is 12.5. The van der Waals surface area contributed by atoms with Crippen LogP contribution in [-0.2, 0) is 12.1 Å². The molecule has 0 unspecified atom stereocenters. The third-order valence-corrected chi connectivity index (χ3v) is 5.20. The second-order valence-corrected chi connectivity index (χ2v) is 9.12. The van der Waals surface area contributed by atoms with Crippen molar-refractivity contribution in [3.05, 3.63) is 71.0 Å². The molecule has 1 heterocycles. The smallest absolute Gasteiger partial charge is 0.276 e. The molecule has 2 aromatic carbocycles. The maximum atomic E-state index is 12.7. The van der Waals surface area contributed by atoms with E-state index < -0.39 is 0 Å². The number of carbonyl (C=O) groups excluding carboxylic acids is 1. The summed E-state index contributed by atoms with van der Waals surface area (Å²) in [5, 5.41) is 17.3. The number of phenolic OH excluding ortho intramolecular Hbond substituents is 1. The van der Waals surface area contributed by atoms with E-state index in [9.17, 15) is 9.90 Å². The van der Waals surface area contributed by atoms with Crippen LogP contribution in [0.4, 0.5) is 5.69 Å². The van der Waals surface area contributed by atoms with Crippen molar-refractivity contribution in [2.75, 3.05) is 5.32 Å². The third-order valence-electron chi connectivity index (χ3n) is 5.20. The van der Waals surface area contributed by atoms with Crippen LogP contribution in [0.15, 0.2) is 48.7 Å². The number of aromatic hydroxyl groups is 1. The van der Waals surface area contributed by atoms with Gasteiger partial charge < -0.3 is 15.2 Å². The van der Waals surface area contributed by atoms with Gasteiger partial charge in [-0.2, -0.15) is 5.10 Å². The Morgan fingerprint density at radius 3 is 2.45 bits per heavy atom. The van der Waals surface area contributed by atoms with E-state index in [-0.39, 0.29) is 29.7 Å². The van der Waals surface area contributed by atoms with Gasteiger partial charge in [-0.05, 0) is 65.3 Å². The zero-order valence-electron chi connectivity index (χ0n) is 19.1. The number of hydrogen-bond donors (Lipinski definition) is 2. The van der Waals surface area contributed by atoms with Crippen molar-refractivity contribution in [1.82, 2.24) is 9.78 Å². The Balaban J connectivity index is 1.64. The first-order valence-electron chi connectivity index (χ1n) is 10.5. The predicted molar refractivity (Wildman–Crippen MR) is 123 cm³/mol. The predicted octanol–water partition coefficient (Wildman–Crippen LogP) is 5.61. The maximum absolute atomic E-state index is 12.7. The number of aromatic nitrogens is 2. The first kappa shape index (κ1) is 22.4. The normalized spacial score (nSPS) is 11.6. The van der Waals surface area contributed by atoms with Gasteiger partial charge in [-0.15, -0.1) is 0 Å². The average Bonchev–Trinajstić information content (AvgIpc) is 3.17. The van der Waals surface area contributed by atoms with Crippen molar-refractivity contribution in [2.24, 2.45) is 0 Å². The zero-order chi connectivity index (χ0) is 22.8. The standard InChI is InChI=1S/C25H31N3O3/c1-16(2)20-14-22(17(3)13-23(20)29)26-24(30)21-11-12-28(27-21)15-31-19-9-7-18(8-10-19)25(4,5)6/h7-14,16,29H,15H2,1-6H3,(H,26,30). The number of nitrogens with zero attached hydrogens (tertiary/aromatic N) is 2. The summed E-state index contributed by atoms with van der Waals surface area (Å²) in [4.78, 5) is 12.7. The number of ether oxygens (including phenoxy) is 1. The molecule has 6 nitrogen and oxygen atoms in total. The molecule has 0 spiro atoms. The zero-order valence-corrected chi connectivity index (χ0v) is 19.1. The number of carbonyl (C=O) groups is 1. The fraction of sp³-hybridized carbons (Fsp3) is 0.360. The fourth-order valence-electron chi connectivity index (χ4n) is 3.24. The fourth-order valence-corrected chi connectivity index (χ4v) is 3.24. The van der Waals surface area contributed by atoms with Gasteiger partial charge in [0.1, 0.15) is 11.5 Å². The molecule has 1 amide bonds. The quantitative estimate of drug-likeness (QED) is 0.508. The van der Waals surface area contributed by atoms with Crippen LogP contribution in [0, 0.1) is 6.92 Å². The van der Waals surface area contributed by atoms with E-state index in [1.807, 2.05) is 39.0 Å². The largest absolute Gasteiger partial charge is 0.508 e. The molecule has 0 fully saturated rings. The molecule has 0 saturated carbocycles. The minimum Gasteiger partial charge on any atom is -0.508 e. The summed E-state index contributed by atoms with van der Waals surface area (Å²) in [6.07, 6.45) is 1.71. The molecule has 2 N–H and O–H groups in total. The molecular formula is C25H31N3O3. The Kier molecular flexibility index (Phi) is 6.39. The lowest BCUT2D eigenvalue weighted by molar-refractivity contribution is 0.102. The van der Waals surface area contributed by atoms with Crippen LogP contribution in [0.2, 0.25) is 0 Å². The second kappa shape index (κ2) is 8.84. The van der Waals surface area contributed by atoms with Gasteiger partial charge in [0.15, 0.2) is 12.4 Å². The first-order chi connectivity index (χ1) is 14.5. The lowest BCUT2D eigenvalue weighted by atomic mass is 9.87. The average molecular weight is 422 g/mol. The van der Waals surface area contributed by atoms with E-state index in [1.54, 1.807) is 23.0 Å². The van der Waals surface area contributed by atoms with Crippen LogP contribution < -0.4 is 10.1 Å². The van der Waals surface area contributed by atoms with E-state index in [0.29, 0.717) is 11.4 Å². The second-order valence-electron chi connectivity index (χ2n) is 9.12. The van der Waals surface area contributed by atoms with Gasteiger partial charge in [-0.3, -0.25) is 4.79 Å². The van der Waals surface area contributed by atoms with Crippen molar-refractivity contribution < 1.29 is 14.6 Å². The molecule has 1 aromatic heterocycles. The number of hydrogen-bond acceptors (Lipinski definition) is 4. The molecule has 0 bridgehead atoms. The molecule has 31 heavy (non-hydrogen) atoms. The van der Waals surface area contributed by atoms with E-state index in [4.69, 9.17) is 4.74 Å². The van der Waals surface area contributed by atoms with Crippen LogP contribution in [0.5, 0.6) is 11.5 Å². The Morgan fingerprint density at radius 1 is 1.16 bits per heavy atom. The van der Waals surface area contributed by atoms with Gasteiger partial charge in [0, 0.05) is 11.9 Å². The van der Waals surface area contributed by atoms with Gasteiger partial charge in [-0.25, -0.2) is 4.68 Å². The first-order valence-corrected chi connectivity index (χ1v) is 10.5. The summed E-state index contributed by atoms with van der Waals surface area (Å²) in [7, 11) is 0. The Labute approximate surface area is 183 Å². The van der Waals surface area contributed by atoms with Crippen LogP contribution in [0.3, 0.4) is 0 Å². The molecule has 3 rings (SSSR count). The van der Waals surface area contributed by atoms with Crippen molar-refractivity contribution in [1.29, 1.82) is 0 Å². The molecule has 0 aliphatic heterocycles. The minimum absolute atomic E-state index is 0.0918. The minimum atomic E-state index is -0.309. The number of benzene rings is 2.